The van der Waals surface area contributed by atoms with Gasteiger partial charge in [-0.1, -0.05) is 25.0 Å². The first-order valence-electron chi connectivity index (χ1n) is 7.26. The third-order valence-corrected chi connectivity index (χ3v) is 5.21. The number of hydrogen-bond acceptors (Lipinski definition) is 3. The molecule has 4 heteroatoms. The van der Waals surface area contributed by atoms with E-state index in [9.17, 15) is 4.79 Å². The van der Waals surface area contributed by atoms with Crippen LogP contribution in [0.1, 0.15) is 31.2 Å². The van der Waals surface area contributed by atoms with Crippen molar-refractivity contribution in [2.75, 3.05) is 6.26 Å². The molecule has 3 nitrogen and oxygen atoms in total. The second-order valence-corrected chi connectivity index (χ2v) is 6.53. The molecule has 0 heterocycles. The minimum absolute atomic E-state index is 0.110. The van der Waals surface area contributed by atoms with Crippen molar-refractivity contribution in [1.29, 1.82) is 0 Å². The van der Waals surface area contributed by atoms with E-state index in [1.807, 2.05) is 12.1 Å². The lowest BCUT2D eigenvalue weighted by atomic mass is 10.0. The second kappa shape index (κ2) is 6.00. The van der Waals surface area contributed by atoms with E-state index >= 15 is 0 Å². The van der Waals surface area contributed by atoms with Gasteiger partial charge in [0.25, 0.3) is 0 Å². The number of benzene rings is 1. The monoisotopic (exact) mass is 288 g/mol. The number of carbonyl (C=O) groups excluding carboxylic acids is 1. The molecule has 1 amide bonds. The van der Waals surface area contributed by atoms with Crippen LogP contribution in [0.15, 0.2) is 34.3 Å². The second-order valence-electron chi connectivity index (χ2n) is 5.65. The van der Waals surface area contributed by atoms with Gasteiger partial charge in [0.15, 0.2) is 0 Å². The first-order chi connectivity index (χ1) is 9.79. The van der Waals surface area contributed by atoms with Gasteiger partial charge in [-0.05, 0) is 48.6 Å². The number of hydrogen-bond donors (Lipinski definition) is 1. The molecule has 2 aliphatic carbocycles. The van der Waals surface area contributed by atoms with Gasteiger partial charge in [-0.3, -0.25) is 4.79 Å². The Bertz CT molecular complexity index is 500. The molecule has 2 saturated carbocycles. The Labute approximate surface area is 124 Å². The molecule has 2 fully saturated rings. The number of rotatable bonds is 4. The molecule has 20 heavy (non-hydrogen) atoms. The highest BCUT2D eigenvalue weighted by Crippen LogP contribution is 2.55. The molecular formula is C16H20N2OS. The lowest BCUT2D eigenvalue weighted by molar-refractivity contribution is -0.122. The molecule has 0 aliphatic heterocycles. The summed E-state index contributed by atoms with van der Waals surface area (Å²) in [6.07, 6.45) is 8.80. The van der Waals surface area contributed by atoms with Crippen molar-refractivity contribution in [3.8, 4) is 0 Å². The largest absolute Gasteiger partial charge is 0.273 e. The van der Waals surface area contributed by atoms with Crippen LogP contribution >= 0.6 is 11.8 Å². The van der Waals surface area contributed by atoms with Crippen molar-refractivity contribution in [1.82, 2.24) is 5.43 Å². The Hall–Kier alpha value is -1.29. The highest BCUT2D eigenvalue weighted by Gasteiger charge is 2.54. The number of thioether (sulfide) groups is 1. The zero-order valence-electron chi connectivity index (χ0n) is 11.7. The normalized spacial score (nSPS) is 28.1. The summed E-state index contributed by atoms with van der Waals surface area (Å²) in [5.74, 6) is 1.62. The van der Waals surface area contributed by atoms with E-state index in [2.05, 4.69) is 28.9 Å². The lowest BCUT2D eigenvalue weighted by Crippen LogP contribution is -2.20. The van der Waals surface area contributed by atoms with Gasteiger partial charge in [-0.2, -0.15) is 5.10 Å². The highest BCUT2D eigenvalue weighted by molar-refractivity contribution is 7.98. The van der Waals surface area contributed by atoms with Crippen molar-refractivity contribution < 1.29 is 4.79 Å². The summed E-state index contributed by atoms with van der Waals surface area (Å²) in [6.45, 7) is 0. The van der Waals surface area contributed by atoms with E-state index < -0.39 is 0 Å². The summed E-state index contributed by atoms with van der Waals surface area (Å²) in [5, 5.41) is 4.08. The summed E-state index contributed by atoms with van der Waals surface area (Å²) in [6, 6.07) is 8.14. The fourth-order valence-corrected chi connectivity index (χ4v) is 3.72. The molecule has 1 aromatic rings. The Morgan fingerprint density at radius 1 is 1.25 bits per heavy atom. The van der Waals surface area contributed by atoms with Gasteiger partial charge < -0.3 is 0 Å². The average molecular weight is 288 g/mol. The molecule has 2 atom stereocenters. The minimum Gasteiger partial charge on any atom is -0.273 e. The predicted octanol–water partition coefficient (Wildman–Crippen LogP) is 3.29. The van der Waals surface area contributed by atoms with E-state index in [1.165, 1.54) is 30.6 Å². The number of amides is 1. The maximum Gasteiger partial charge on any atom is 0.243 e. The molecule has 0 saturated heterocycles. The van der Waals surface area contributed by atoms with Crippen LogP contribution < -0.4 is 5.43 Å². The number of fused-ring (bicyclic) bond motifs is 1. The highest BCUT2D eigenvalue weighted by atomic mass is 32.2. The third-order valence-electron chi connectivity index (χ3n) is 4.46. The first kappa shape index (κ1) is 13.7. The van der Waals surface area contributed by atoms with Crippen LogP contribution in [0.4, 0.5) is 0 Å². The van der Waals surface area contributed by atoms with Gasteiger partial charge in [0.05, 0.1) is 6.21 Å². The fourth-order valence-electron chi connectivity index (χ4n) is 3.32. The van der Waals surface area contributed by atoms with Gasteiger partial charge >= 0.3 is 0 Å². The van der Waals surface area contributed by atoms with Gasteiger partial charge in [0, 0.05) is 10.8 Å². The quantitative estimate of drug-likeness (QED) is 0.525. The summed E-state index contributed by atoms with van der Waals surface area (Å²) in [7, 11) is 0. The van der Waals surface area contributed by atoms with Crippen molar-refractivity contribution in [2.24, 2.45) is 22.9 Å². The maximum absolute atomic E-state index is 12.0. The number of carbonyl (C=O) groups is 1. The Morgan fingerprint density at radius 2 is 1.90 bits per heavy atom. The van der Waals surface area contributed by atoms with E-state index in [0.717, 1.165) is 5.56 Å². The number of nitrogens with one attached hydrogen (secondary N) is 1. The van der Waals surface area contributed by atoms with Gasteiger partial charge in [-0.25, -0.2) is 5.43 Å². The minimum atomic E-state index is 0.110. The van der Waals surface area contributed by atoms with Gasteiger partial charge in [-0.15, -0.1) is 11.8 Å². The van der Waals surface area contributed by atoms with Gasteiger partial charge in [0.1, 0.15) is 0 Å². The van der Waals surface area contributed by atoms with E-state index in [-0.39, 0.29) is 11.8 Å². The summed E-state index contributed by atoms with van der Waals surface area (Å²) >= 11 is 1.72. The van der Waals surface area contributed by atoms with Crippen LogP contribution in [0.5, 0.6) is 0 Å². The van der Waals surface area contributed by atoms with Crippen LogP contribution in [-0.4, -0.2) is 18.4 Å². The molecule has 0 radical (unpaired) electrons. The number of nitrogens with zero attached hydrogens (tertiary/aromatic N) is 1. The Balaban J connectivity index is 1.51. The van der Waals surface area contributed by atoms with E-state index in [4.69, 9.17) is 0 Å². The van der Waals surface area contributed by atoms with Crippen molar-refractivity contribution in [3.05, 3.63) is 29.8 Å². The molecule has 0 spiro atoms. The van der Waals surface area contributed by atoms with Crippen molar-refractivity contribution >= 4 is 23.9 Å². The molecule has 0 aromatic heterocycles. The predicted molar refractivity (Wildman–Crippen MR) is 82.9 cm³/mol. The topological polar surface area (TPSA) is 41.5 Å². The van der Waals surface area contributed by atoms with Crippen LogP contribution in [0.3, 0.4) is 0 Å². The van der Waals surface area contributed by atoms with Gasteiger partial charge in [0.2, 0.25) is 5.91 Å². The molecule has 0 bridgehead atoms. The maximum atomic E-state index is 12.0. The van der Waals surface area contributed by atoms with E-state index in [1.54, 1.807) is 18.0 Å². The van der Waals surface area contributed by atoms with Crippen LogP contribution in [0.25, 0.3) is 0 Å². The SMILES string of the molecule is CSc1ccc(/C=N\NC(=O)C2C3CCCCC32)cc1. The zero-order chi connectivity index (χ0) is 13.9. The average Bonchev–Trinajstić information content (AvgIpc) is 3.22. The third kappa shape index (κ3) is 2.90. The lowest BCUT2D eigenvalue weighted by Gasteiger charge is -2.04. The summed E-state index contributed by atoms with van der Waals surface area (Å²) in [4.78, 5) is 13.3. The summed E-state index contributed by atoms with van der Waals surface area (Å²) < 4.78 is 0. The standard InChI is InChI=1S/C16H20N2OS/c1-20-12-8-6-11(7-9-12)10-17-18-16(19)15-13-4-2-3-5-14(13)15/h6-10,13-15H,2-5H2,1H3,(H,18,19)/b17-10-. The molecule has 2 aliphatic rings. The number of hydrazone groups is 1. The van der Waals surface area contributed by atoms with Crippen LogP contribution in [-0.2, 0) is 4.79 Å². The van der Waals surface area contributed by atoms with E-state index in [0.29, 0.717) is 11.8 Å². The van der Waals surface area contributed by atoms with Crippen LogP contribution in [0, 0.1) is 17.8 Å². The molecule has 1 N–H and O–H groups in total. The molecule has 2 unspecified atom stereocenters. The molecule has 1 aromatic carbocycles. The van der Waals surface area contributed by atoms with Crippen molar-refractivity contribution in [3.63, 3.8) is 0 Å². The first-order valence-corrected chi connectivity index (χ1v) is 8.49. The van der Waals surface area contributed by atoms with Crippen LogP contribution in [0.2, 0.25) is 0 Å². The molecular weight excluding hydrogens is 268 g/mol. The summed E-state index contributed by atoms with van der Waals surface area (Å²) in [5.41, 5.74) is 3.71. The smallest absolute Gasteiger partial charge is 0.243 e. The Morgan fingerprint density at radius 3 is 2.50 bits per heavy atom. The molecule has 3 rings (SSSR count). The Kier molecular flexibility index (Phi) is 4.10. The van der Waals surface area contributed by atoms with Crippen molar-refractivity contribution in [2.45, 2.75) is 30.6 Å². The zero-order valence-corrected chi connectivity index (χ0v) is 12.5. The fraction of sp³-hybridized carbons (Fsp3) is 0.500. The molecule has 106 valence electrons.